The van der Waals surface area contributed by atoms with Gasteiger partial charge in [0.1, 0.15) is 22.9 Å². The molecule has 1 saturated heterocycles. The van der Waals surface area contributed by atoms with E-state index in [-0.39, 0.29) is 12.5 Å². The number of benzene rings is 2. The van der Waals surface area contributed by atoms with E-state index >= 15 is 0 Å². The van der Waals surface area contributed by atoms with Gasteiger partial charge in [0.2, 0.25) is 0 Å². The van der Waals surface area contributed by atoms with E-state index in [1.54, 1.807) is 6.92 Å². The van der Waals surface area contributed by atoms with Crippen molar-refractivity contribution in [2.75, 3.05) is 0 Å². The maximum Gasteiger partial charge on any atom is 0.325 e. The number of hydrogen-bond donors (Lipinski definition) is 1. The first kappa shape index (κ1) is 19.6. The van der Waals surface area contributed by atoms with Crippen LogP contribution in [-0.4, -0.2) is 21.8 Å². The molecule has 0 spiro atoms. The maximum absolute atomic E-state index is 13.1. The molecule has 4 rings (SSSR count). The molecule has 2 aromatic carbocycles. The summed E-state index contributed by atoms with van der Waals surface area (Å²) in [6, 6.07) is 16.4. The number of ether oxygens (including phenoxy) is 1. The van der Waals surface area contributed by atoms with Gasteiger partial charge >= 0.3 is 6.03 Å². The molecule has 0 radical (unpaired) electrons. The molecule has 1 aliphatic heterocycles. The number of hydrogen-bond acceptors (Lipinski definition) is 5. The van der Waals surface area contributed by atoms with Gasteiger partial charge in [0.05, 0.1) is 12.2 Å². The number of para-hydroxylation sites is 1. The minimum Gasteiger partial charge on any atom is -0.486 e. The Morgan fingerprint density at radius 1 is 1.14 bits per heavy atom. The molecule has 1 aromatic heterocycles. The van der Waals surface area contributed by atoms with Gasteiger partial charge in [-0.05, 0) is 25.1 Å². The zero-order valence-corrected chi connectivity index (χ0v) is 18.0. The highest BCUT2D eigenvalue weighted by atomic mass is 79.9. The zero-order valence-electron chi connectivity index (χ0n) is 15.6. The molecule has 3 aromatic rings. The van der Waals surface area contributed by atoms with Gasteiger partial charge in [-0.1, -0.05) is 52.3 Å². The van der Waals surface area contributed by atoms with Crippen molar-refractivity contribution in [3.8, 4) is 5.75 Å². The van der Waals surface area contributed by atoms with Crippen LogP contribution in [0.25, 0.3) is 0 Å². The number of amides is 3. The monoisotopic (exact) mass is 471 g/mol. The summed E-state index contributed by atoms with van der Waals surface area (Å²) in [6.07, 6.45) is 0. The number of halogens is 1. The number of thiazole rings is 1. The van der Waals surface area contributed by atoms with Crippen LogP contribution in [0.5, 0.6) is 5.75 Å². The molecule has 0 saturated carbocycles. The fourth-order valence-corrected chi connectivity index (χ4v) is 4.58. The lowest BCUT2D eigenvalue weighted by Crippen LogP contribution is -2.41. The van der Waals surface area contributed by atoms with Crippen molar-refractivity contribution in [2.45, 2.75) is 25.6 Å². The molecule has 1 N–H and O–H groups in total. The van der Waals surface area contributed by atoms with Crippen LogP contribution in [0.1, 0.15) is 23.2 Å². The van der Waals surface area contributed by atoms with E-state index in [0.717, 1.165) is 20.8 Å². The molecule has 2 heterocycles. The SMILES string of the molecule is CC1(c2ccccc2Br)NC(=O)N(Cc2csc(COc3ccccc3)n2)C1=O. The summed E-state index contributed by atoms with van der Waals surface area (Å²) in [5.74, 6) is 0.465. The van der Waals surface area contributed by atoms with Gasteiger partial charge in [0, 0.05) is 15.4 Å². The summed E-state index contributed by atoms with van der Waals surface area (Å²) in [6.45, 7) is 2.17. The minimum absolute atomic E-state index is 0.118. The first-order valence-electron chi connectivity index (χ1n) is 8.97. The summed E-state index contributed by atoms with van der Waals surface area (Å²) < 4.78 is 6.47. The highest BCUT2D eigenvalue weighted by molar-refractivity contribution is 9.10. The van der Waals surface area contributed by atoms with E-state index in [4.69, 9.17) is 4.74 Å². The molecule has 29 heavy (non-hydrogen) atoms. The predicted octanol–water partition coefficient (Wildman–Crippen LogP) is 4.45. The van der Waals surface area contributed by atoms with Crippen molar-refractivity contribution in [1.82, 2.24) is 15.2 Å². The van der Waals surface area contributed by atoms with Crippen LogP contribution in [0.4, 0.5) is 4.79 Å². The van der Waals surface area contributed by atoms with Crippen molar-refractivity contribution in [2.24, 2.45) is 0 Å². The molecule has 148 valence electrons. The van der Waals surface area contributed by atoms with Gasteiger partial charge in [-0.15, -0.1) is 11.3 Å². The summed E-state index contributed by atoms with van der Waals surface area (Å²) in [4.78, 5) is 31.3. The third kappa shape index (κ3) is 3.90. The van der Waals surface area contributed by atoms with Crippen LogP contribution in [0.15, 0.2) is 64.5 Å². The number of carbonyl (C=O) groups is 2. The zero-order chi connectivity index (χ0) is 20.4. The van der Waals surface area contributed by atoms with Crippen LogP contribution in [0, 0.1) is 0 Å². The smallest absolute Gasteiger partial charge is 0.325 e. The molecule has 1 aliphatic rings. The molecule has 1 atom stereocenters. The number of nitrogens with one attached hydrogen (secondary N) is 1. The molecule has 1 fully saturated rings. The topological polar surface area (TPSA) is 71.5 Å². The third-order valence-corrected chi connectivity index (χ3v) is 6.28. The normalized spacial score (nSPS) is 18.8. The minimum atomic E-state index is -1.12. The Kier molecular flexibility index (Phi) is 5.38. The number of aromatic nitrogens is 1. The third-order valence-electron chi connectivity index (χ3n) is 4.71. The average Bonchev–Trinajstić information content (AvgIpc) is 3.26. The second-order valence-corrected chi connectivity index (χ2v) is 8.56. The molecule has 6 nitrogen and oxygen atoms in total. The van der Waals surface area contributed by atoms with E-state index in [1.807, 2.05) is 60.0 Å². The fourth-order valence-electron chi connectivity index (χ4n) is 3.20. The van der Waals surface area contributed by atoms with Crippen LogP contribution in [0.3, 0.4) is 0 Å². The number of nitrogens with zero attached hydrogens (tertiary/aromatic N) is 2. The number of carbonyl (C=O) groups excluding carboxylic acids is 2. The number of imide groups is 1. The molecular weight excluding hydrogens is 454 g/mol. The van der Waals surface area contributed by atoms with Gasteiger partial charge in [-0.2, -0.15) is 0 Å². The Morgan fingerprint density at radius 2 is 1.86 bits per heavy atom. The first-order chi connectivity index (χ1) is 14.0. The Labute approximate surface area is 180 Å². The van der Waals surface area contributed by atoms with Gasteiger partial charge < -0.3 is 10.1 Å². The van der Waals surface area contributed by atoms with Gasteiger partial charge in [0.15, 0.2) is 0 Å². The van der Waals surface area contributed by atoms with Crippen LogP contribution >= 0.6 is 27.3 Å². The van der Waals surface area contributed by atoms with Gasteiger partial charge in [0.25, 0.3) is 5.91 Å². The summed E-state index contributed by atoms with van der Waals surface area (Å²) in [5, 5.41) is 5.45. The first-order valence-corrected chi connectivity index (χ1v) is 10.6. The van der Waals surface area contributed by atoms with Crippen molar-refractivity contribution in [1.29, 1.82) is 0 Å². The standard InChI is InChI=1S/C21H18BrN3O3S/c1-21(16-9-5-6-10-17(16)22)19(26)25(20(27)24-21)11-14-13-29-18(23-14)12-28-15-7-3-2-4-8-15/h2-10,13H,11-12H2,1H3,(H,24,27). The van der Waals surface area contributed by atoms with Gasteiger partial charge in [-0.3, -0.25) is 9.69 Å². The van der Waals surface area contributed by atoms with E-state index in [1.165, 1.54) is 16.2 Å². The highest BCUT2D eigenvalue weighted by Crippen LogP contribution is 2.34. The number of urea groups is 1. The summed E-state index contributed by atoms with van der Waals surface area (Å²) in [5.41, 5.74) is 0.254. The molecule has 8 heteroatoms. The lowest BCUT2D eigenvalue weighted by atomic mass is 9.92. The molecule has 0 bridgehead atoms. The fraction of sp³-hybridized carbons (Fsp3) is 0.190. The molecular formula is C21H18BrN3O3S. The summed E-state index contributed by atoms with van der Waals surface area (Å²) >= 11 is 4.91. The van der Waals surface area contributed by atoms with Crippen molar-refractivity contribution >= 4 is 39.2 Å². The molecule has 1 unspecified atom stereocenters. The van der Waals surface area contributed by atoms with Crippen molar-refractivity contribution in [3.63, 3.8) is 0 Å². The molecule has 3 amide bonds. The summed E-state index contributed by atoms with van der Waals surface area (Å²) in [7, 11) is 0. The lowest BCUT2D eigenvalue weighted by Gasteiger charge is -2.23. The number of rotatable bonds is 6. The lowest BCUT2D eigenvalue weighted by molar-refractivity contribution is -0.131. The maximum atomic E-state index is 13.1. The van der Waals surface area contributed by atoms with Crippen LogP contribution in [-0.2, 0) is 23.5 Å². The Morgan fingerprint density at radius 3 is 2.62 bits per heavy atom. The van der Waals surface area contributed by atoms with E-state index in [2.05, 4.69) is 26.2 Å². The molecule has 0 aliphatic carbocycles. The largest absolute Gasteiger partial charge is 0.486 e. The average molecular weight is 472 g/mol. The van der Waals surface area contributed by atoms with E-state index in [9.17, 15) is 9.59 Å². The van der Waals surface area contributed by atoms with E-state index < -0.39 is 11.6 Å². The van der Waals surface area contributed by atoms with Gasteiger partial charge in [-0.25, -0.2) is 9.78 Å². The predicted molar refractivity (Wildman–Crippen MR) is 113 cm³/mol. The van der Waals surface area contributed by atoms with Crippen molar-refractivity contribution < 1.29 is 14.3 Å². The second-order valence-electron chi connectivity index (χ2n) is 6.76. The van der Waals surface area contributed by atoms with E-state index in [0.29, 0.717) is 12.3 Å². The van der Waals surface area contributed by atoms with Crippen LogP contribution in [0.2, 0.25) is 0 Å². The second kappa shape index (κ2) is 7.96. The Bertz CT molecular complexity index is 1060. The Hall–Kier alpha value is -2.71. The Balaban J connectivity index is 1.46. The van der Waals surface area contributed by atoms with Crippen LogP contribution < -0.4 is 10.1 Å². The quantitative estimate of drug-likeness (QED) is 0.539. The van der Waals surface area contributed by atoms with Crippen molar-refractivity contribution in [3.05, 3.63) is 80.7 Å². The highest BCUT2D eigenvalue weighted by Gasteiger charge is 2.49.